The van der Waals surface area contributed by atoms with E-state index in [9.17, 15) is 9.59 Å². The molecule has 1 unspecified atom stereocenters. The van der Waals surface area contributed by atoms with Crippen LogP contribution in [-0.2, 0) is 14.3 Å². The number of hydrogen-bond acceptors (Lipinski definition) is 5. The summed E-state index contributed by atoms with van der Waals surface area (Å²) in [4.78, 5) is 28.2. The Kier molecular flexibility index (Phi) is 10.1. The average molecular weight is 385 g/mol. The van der Waals surface area contributed by atoms with Crippen LogP contribution in [0.4, 0.5) is 0 Å². The summed E-state index contributed by atoms with van der Waals surface area (Å²) < 4.78 is 4.96. The molecule has 7 nitrogen and oxygen atoms in total. The number of ether oxygens (including phenoxy) is 1. The predicted molar refractivity (Wildman–Crippen MR) is 97.8 cm³/mol. The standard InChI is InChI=1S/C15H28N4O3.2ClH/c1-12(13(20)17-6-3-11-22-2)18-7-9-19(10-8-18)14(21)15(16)4-5-15;;/h12H,3-11,16H2,1-2H3,(H,17,20);2*1H. The Morgan fingerprint density at radius 2 is 1.79 bits per heavy atom. The third-order valence-corrected chi connectivity index (χ3v) is 4.57. The van der Waals surface area contributed by atoms with Crippen molar-refractivity contribution >= 4 is 36.6 Å². The molecule has 0 aromatic carbocycles. The Morgan fingerprint density at radius 3 is 2.29 bits per heavy atom. The summed E-state index contributed by atoms with van der Waals surface area (Å²) in [6.07, 6.45) is 2.41. The number of hydrogen-bond donors (Lipinski definition) is 2. The van der Waals surface area contributed by atoms with Crippen LogP contribution in [-0.4, -0.2) is 79.6 Å². The second kappa shape index (κ2) is 10.4. The molecule has 2 rings (SSSR count). The van der Waals surface area contributed by atoms with Crippen molar-refractivity contribution in [3.05, 3.63) is 0 Å². The summed E-state index contributed by atoms with van der Waals surface area (Å²) in [5.41, 5.74) is 5.37. The van der Waals surface area contributed by atoms with E-state index in [1.165, 1.54) is 0 Å². The average Bonchev–Trinajstić information content (AvgIpc) is 3.29. The molecule has 142 valence electrons. The van der Waals surface area contributed by atoms with Crippen LogP contribution >= 0.6 is 24.8 Å². The largest absolute Gasteiger partial charge is 0.385 e. The maximum Gasteiger partial charge on any atom is 0.242 e. The van der Waals surface area contributed by atoms with Gasteiger partial charge >= 0.3 is 0 Å². The van der Waals surface area contributed by atoms with E-state index in [0.29, 0.717) is 39.3 Å². The summed E-state index contributed by atoms with van der Waals surface area (Å²) in [5.74, 6) is 0.109. The van der Waals surface area contributed by atoms with Gasteiger partial charge in [0.15, 0.2) is 0 Å². The lowest BCUT2D eigenvalue weighted by Gasteiger charge is -2.38. The lowest BCUT2D eigenvalue weighted by Crippen LogP contribution is -2.57. The number of nitrogens with two attached hydrogens (primary N) is 1. The first-order valence-corrected chi connectivity index (χ1v) is 8.07. The van der Waals surface area contributed by atoms with E-state index in [1.54, 1.807) is 7.11 Å². The molecule has 0 bridgehead atoms. The highest BCUT2D eigenvalue weighted by atomic mass is 35.5. The van der Waals surface area contributed by atoms with E-state index in [-0.39, 0.29) is 42.7 Å². The minimum Gasteiger partial charge on any atom is -0.385 e. The van der Waals surface area contributed by atoms with Gasteiger partial charge in [-0.2, -0.15) is 0 Å². The molecule has 2 amide bonds. The second-order valence-electron chi connectivity index (χ2n) is 6.30. The number of carbonyl (C=O) groups is 2. The molecule has 9 heteroatoms. The van der Waals surface area contributed by atoms with Crippen LogP contribution in [0.5, 0.6) is 0 Å². The Balaban J connectivity index is 0.00000264. The number of amides is 2. The van der Waals surface area contributed by atoms with Crippen molar-refractivity contribution in [3.63, 3.8) is 0 Å². The highest BCUT2D eigenvalue weighted by Gasteiger charge is 2.48. The fourth-order valence-electron chi connectivity index (χ4n) is 2.72. The van der Waals surface area contributed by atoms with Gasteiger partial charge in [0.05, 0.1) is 11.6 Å². The molecule has 1 aliphatic heterocycles. The number of methoxy groups -OCH3 is 1. The molecule has 2 aliphatic rings. The molecular weight excluding hydrogens is 355 g/mol. The molecule has 1 heterocycles. The van der Waals surface area contributed by atoms with E-state index in [0.717, 1.165) is 19.3 Å². The van der Waals surface area contributed by atoms with Crippen LogP contribution in [0.15, 0.2) is 0 Å². The maximum absolute atomic E-state index is 12.2. The molecule has 3 N–H and O–H groups in total. The first-order valence-electron chi connectivity index (χ1n) is 8.07. The zero-order valence-electron chi connectivity index (χ0n) is 14.5. The number of halogens is 2. The van der Waals surface area contributed by atoms with Gasteiger partial charge in [0, 0.05) is 46.4 Å². The molecule has 2 fully saturated rings. The number of rotatable bonds is 7. The quantitative estimate of drug-likeness (QED) is 0.603. The molecule has 1 saturated carbocycles. The summed E-state index contributed by atoms with van der Waals surface area (Å²) in [6, 6.07) is -0.174. The zero-order chi connectivity index (χ0) is 16.2. The third-order valence-electron chi connectivity index (χ3n) is 4.57. The maximum atomic E-state index is 12.2. The lowest BCUT2D eigenvalue weighted by molar-refractivity contribution is -0.136. The molecule has 0 aromatic rings. The number of piperazine rings is 1. The first kappa shape index (κ1) is 23.4. The van der Waals surface area contributed by atoms with Crippen LogP contribution in [0.2, 0.25) is 0 Å². The molecule has 24 heavy (non-hydrogen) atoms. The zero-order valence-corrected chi connectivity index (χ0v) is 16.1. The predicted octanol–water partition coefficient (Wildman–Crippen LogP) is 0.00670. The van der Waals surface area contributed by atoms with Gasteiger partial charge in [-0.25, -0.2) is 0 Å². The van der Waals surface area contributed by atoms with Gasteiger partial charge in [-0.1, -0.05) is 0 Å². The monoisotopic (exact) mass is 384 g/mol. The van der Waals surface area contributed by atoms with Gasteiger partial charge in [-0.15, -0.1) is 24.8 Å². The summed E-state index contributed by atoms with van der Waals surface area (Å²) in [7, 11) is 1.65. The van der Waals surface area contributed by atoms with Gasteiger partial charge in [0.1, 0.15) is 0 Å². The van der Waals surface area contributed by atoms with E-state index < -0.39 is 5.54 Å². The first-order chi connectivity index (χ1) is 10.5. The normalized spacial score (nSPS) is 20.4. The van der Waals surface area contributed by atoms with Crippen molar-refractivity contribution in [1.82, 2.24) is 15.1 Å². The van der Waals surface area contributed by atoms with Crippen LogP contribution < -0.4 is 11.1 Å². The van der Waals surface area contributed by atoms with Gasteiger partial charge in [-0.3, -0.25) is 14.5 Å². The molecule has 1 saturated heterocycles. The number of carbonyl (C=O) groups excluding carboxylic acids is 2. The van der Waals surface area contributed by atoms with E-state index in [4.69, 9.17) is 10.5 Å². The number of nitrogens with zero attached hydrogens (tertiary/aromatic N) is 2. The highest BCUT2D eigenvalue weighted by molar-refractivity contribution is 5.89. The fourth-order valence-corrected chi connectivity index (χ4v) is 2.72. The lowest BCUT2D eigenvalue weighted by atomic mass is 10.1. The SMILES string of the molecule is COCCCNC(=O)C(C)N1CCN(C(=O)C2(N)CC2)CC1.Cl.Cl. The molecule has 1 atom stereocenters. The molecule has 0 spiro atoms. The van der Waals surface area contributed by atoms with E-state index in [2.05, 4.69) is 10.2 Å². The minimum absolute atomic E-state index is 0. The topological polar surface area (TPSA) is 87.9 Å². The van der Waals surface area contributed by atoms with Crippen LogP contribution in [0, 0.1) is 0 Å². The van der Waals surface area contributed by atoms with Gasteiger partial charge < -0.3 is 20.7 Å². The van der Waals surface area contributed by atoms with Crippen molar-refractivity contribution in [3.8, 4) is 0 Å². The number of nitrogens with one attached hydrogen (secondary N) is 1. The molecular formula is C15H30Cl2N4O3. The Hall–Kier alpha value is -0.600. The summed E-state index contributed by atoms with van der Waals surface area (Å²) in [6.45, 7) is 5.93. The summed E-state index contributed by atoms with van der Waals surface area (Å²) >= 11 is 0. The van der Waals surface area contributed by atoms with E-state index in [1.807, 2.05) is 11.8 Å². The van der Waals surface area contributed by atoms with Gasteiger partial charge in [-0.05, 0) is 26.2 Å². The van der Waals surface area contributed by atoms with E-state index >= 15 is 0 Å². The van der Waals surface area contributed by atoms with Crippen LogP contribution in [0.1, 0.15) is 26.2 Å². The van der Waals surface area contributed by atoms with Crippen molar-refractivity contribution < 1.29 is 14.3 Å². The van der Waals surface area contributed by atoms with Gasteiger partial charge in [0.25, 0.3) is 0 Å². The van der Waals surface area contributed by atoms with Crippen molar-refractivity contribution in [2.45, 2.75) is 37.8 Å². The van der Waals surface area contributed by atoms with Crippen molar-refractivity contribution in [2.75, 3.05) is 46.4 Å². The summed E-state index contributed by atoms with van der Waals surface area (Å²) in [5, 5.41) is 2.92. The van der Waals surface area contributed by atoms with Gasteiger partial charge in [0.2, 0.25) is 11.8 Å². The minimum atomic E-state index is -0.591. The smallest absolute Gasteiger partial charge is 0.242 e. The van der Waals surface area contributed by atoms with Crippen LogP contribution in [0.25, 0.3) is 0 Å². The molecule has 0 radical (unpaired) electrons. The Bertz CT molecular complexity index is 414. The Labute approximate surface area is 156 Å². The molecule has 0 aromatic heterocycles. The Morgan fingerprint density at radius 1 is 1.21 bits per heavy atom. The highest BCUT2D eigenvalue weighted by Crippen LogP contribution is 2.34. The van der Waals surface area contributed by atoms with Crippen molar-refractivity contribution in [2.24, 2.45) is 5.73 Å². The van der Waals surface area contributed by atoms with Crippen LogP contribution in [0.3, 0.4) is 0 Å². The van der Waals surface area contributed by atoms with Crippen molar-refractivity contribution in [1.29, 1.82) is 0 Å². The fraction of sp³-hybridized carbons (Fsp3) is 0.867. The molecule has 1 aliphatic carbocycles. The third kappa shape index (κ3) is 6.04. The second-order valence-corrected chi connectivity index (χ2v) is 6.30.